The first-order valence-corrected chi connectivity index (χ1v) is 7.97. The molecule has 3 nitrogen and oxygen atoms in total. The third kappa shape index (κ3) is 1.85. The molecule has 3 heteroatoms. The number of para-hydroxylation sites is 1. The summed E-state index contributed by atoms with van der Waals surface area (Å²) in [6, 6.07) is 17.8. The van der Waals surface area contributed by atoms with Crippen LogP contribution in [0.1, 0.15) is 36.6 Å². The predicted octanol–water partition coefficient (Wildman–Crippen LogP) is 3.80. The van der Waals surface area contributed by atoms with Crippen LogP contribution in [0.3, 0.4) is 0 Å². The van der Waals surface area contributed by atoms with E-state index in [4.69, 9.17) is 5.41 Å². The lowest BCUT2D eigenvalue weighted by molar-refractivity contribution is 0.364. The number of nitrogens with zero attached hydrogens (tertiary/aromatic N) is 2. The summed E-state index contributed by atoms with van der Waals surface area (Å²) in [5.74, 6) is 0.629. The average Bonchev–Trinajstić information content (AvgIpc) is 2.79. The molecule has 0 spiro atoms. The van der Waals surface area contributed by atoms with E-state index < -0.39 is 0 Å². The van der Waals surface area contributed by atoms with Gasteiger partial charge in [-0.15, -0.1) is 0 Å². The Morgan fingerprint density at radius 2 is 1.68 bits per heavy atom. The molecule has 1 saturated heterocycles. The van der Waals surface area contributed by atoms with Gasteiger partial charge >= 0.3 is 0 Å². The molecular formula is C19H21N3. The van der Waals surface area contributed by atoms with Crippen LogP contribution in [0.25, 0.3) is 0 Å². The van der Waals surface area contributed by atoms with E-state index >= 15 is 0 Å². The van der Waals surface area contributed by atoms with Crippen LogP contribution in [0.4, 0.5) is 5.69 Å². The van der Waals surface area contributed by atoms with Crippen LogP contribution in [-0.2, 0) is 6.42 Å². The Kier molecular flexibility index (Phi) is 2.96. The van der Waals surface area contributed by atoms with Crippen LogP contribution < -0.4 is 4.90 Å². The summed E-state index contributed by atoms with van der Waals surface area (Å²) in [6.45, 7) is 5.22. The standard InChI is InChI=1S/C19H21N3/c1-13(2)21-12-18-16-9-5-3-7-14(16)11-15-8-4-6-10-17(15)22(18)19(21)20/h3-10,13,18,20H,11-12H2,1-2H3. The number of fused-ring (bicyclic) bond motifs is 5. The highest BCUT2D eigenvalue weighted by Crippen LogP contribution is 2.41. The first kappa shape index (κ1) is 13.4. The van der Waals surface area contributed by atoms with Gasteiger partial charge in [-0.05, 0) is 43.0 Å². The Labute approximate surface area is 131 Å². The van der Waals surface area contributed by atoms with E-state index in [1.807, 2.05) is 0 Å². The summed E-state index contributed by atoms with van der Waals surface area (Å²) in [6.07, 6.45) is 0.953. The Morgan fingerprint density at radius 1 is 1.00 bits per heavy atom. The SMILES string of the molecule is CC(C)N1CC2c3ccccc3Cc3ccccc3N2C1=N. The lowest BCUT2D eigenvalue weighted by Crippen LogP contribution is -2.37. The molecule has 22 heavy (non-hydrogen) atoms. The average molecular weight is 291 g/mol. The van der Waals surface area contributed by atoms with Crippen LogP contribution in [0, 0.1) is 5.41 Å². The summed E-state index contributed by atoms with van der Waals surface area (Å²) in [7, 11) is 0. The summed E-state index contributed by atoms with van der Waals surface area (Å²) in [5.41, 5.74) is 5.26. The van der Waals surface area contributed by atoms with Gasteiger partial charge in [-0.25, -0.2) is 0 Å². The molecule has 112 valence electrons. The van der Waals surface area contributed by atoms with Crippen molar-refractivity contribution in [3.8, 4) is 0 Å². The molecule has 0 aliphatic carbocycles. The van der Waals surface area contributed by atoms with Gasteiger partial charge in [0.15, 0.2) is 5.96 Å². The van der Waals surface area contributed by atoms with Gasteiger partial charge < -0.3 is 9.80 Å². The summed E-state index contributed by atoms with van der Waals surface area (Å²) in [4.78, 5) is 4.42. The van der Waals surface area contributed by atoms with Crippen LogP contribution >= 0.6 is 0 Å². The number of benzene rings is 2. The smallest absolute Gasteiger partial charge is 0.199 e. The number of hydrogen-bond donors (Lipinski definition) is 1. The molecule has 2 aromatic carbocycles. The van der Waals surface area contributed by atoms with Gasteiger partial charge in [-0.2, -0.15) is 0 Å². The van der Waals surface area contributed by atoms with Crippen molar-refractivity contribution in [2.24, 2.45) is 0 Å². The second kappa shape index (κ2) is 4.87. The van der Waals surface area contributed by atoms with E-state index in [0.29, 0.717) is 12.0 Å². The molecule has 0 bridgehead atoms. The number of rotatable bonds is 1. The molecule has 1 fully saturated rings. The maximum absolute atomic E-state index is 8.68. The van der Waals surface area contributed by atoms with E-state index in [1.165, 1.54) is 22.4 Å². The van der Waals surface area contributed by atoms with Gasteiger partial charge in [0.25, 0.3) is 0 Å². The molecule has 0 radical (unpaired) electrons. The topological polar surface area (TPSA) is 30.3 Å². The lowest BCUT2D eigenvalue weighted by atomic mass is 9.97. The fraction of sp³-hybridized carbons (Fsp3) is 0.316. The van der Waals surface area contributed by atoms with Crippen molar-refractivity contribution in [2.75, 3.05) is 11.4 Å². The molecule has 2 aliphatic heterocycles. The van der Waals surface area contributed by atoms with Gasteiger partial charge in [-0.1, -0.05) is 42.5 Å². The predicted molar refractivity (Wildman–Crippen MR) is 90.5 cm³/mol. The molecule has 0 aromatic heterocycles. The normalized spacial score (nSPS) is 19.8. The second-order valence-electron chi connectivity index (χ2n) is 6.46. The molecule has 1 atom stereocenters. The van der Waals surface area contributed by atoms with Crippen molar-refractivity contribution < 1.29 is 0 Å². The molecule has 2 aliphatic rings. The van der Waals surface area contributed by atoms with Crippen molar-refractivity contribution in [3.05, 3.63) is 65.2 Å². The molecule has 0 amide bonds. The minimum atomic E-state index is 0.245. The molecule has 2 aromatic rings. The van der Waals surface area contributed by atoms with E-state index in [0.717, 1.165) is 13.0 Å². The third-order valence-electron chi connectivity index (χ3n) is 4.85. The lowest BCUT2D eigenvalue weighted by Gasteiger charge is -2.26. The van der Waals surface area contributed by atoms with Crippen LogP contribution in [0.2, 0.25) is 0 Å². The second-order valence-corrected chi connectivity index (χ2v) is 6.46. The van der Waals surface area contributed by atoms with E-state index in [2.05, 4.69) is 72.2 Å². The van der Waals surface area contributed by atoms with Crippen molar-refractivity contribution in [1.29, 1.82) is 5.41 Å². The number of anilines is 1. The zero-order valence-electron chi connectivity index (χ0n) is 13.1. The summed E-state index contributed by atoms with van der Waals surface area (Å²) >= 11 is 0. The van der Waals surface area contributed by atoms with Gasteiger partial charge in [0.2, 0.25) is 0 Å². The summed E-state index contributed by atoms with van der Waals surface area (Å²) < 4.78 is 0. The fourth-order valence-corrected chi connectivity index (χ4v) is 3.74. The van der Waals surface area contributed by atoms with E-state index in [-0.39, 0.29) is 6.04 Å². The molecule has 0 saturated carbocycles. The minimum Gasteiger partial charge on any atom is -0.338 e. The minimum absolute atomic E-state index is 0.245. The molecule has 1 N–H and O–H groups in total. The van der Waals surface area contributed by atoms with E-state index in [1.54, 1.807) is 0 Å². The zero-order chi connectivity index (χ0) is 15.3. The fourth-order valence-electron chi connectivity index (χ4n) is 3.74. The Morgan fingerprint density at radius 3 is 2.45 bits per heavy atom. The van der Waals surface area contributed by atoms with Gasteiger partial charge in [-0.3, -0.25) is 5.41 Å². The van der Waals surface area contributed by atoms with Crippen molar-refractivity contribution >= 4 is 11.6 Å². The van der Waals surface area contributed by atoms with Crippen molar-refractivity contribution in [1.82, 2.24) is 4.90 Å². The molecule has 2 heterocycles. The van der Waals surface area contributed by atoms with E-state index in [9.17, 15) is 0 Å². The van der Waals surface area contributed by atoms with Crippen molar-refractivity contribution in [3.63, 3.8) is 0 Å². The number of hydrogen-bond acceptors (Lipinski definition) is 1. The Balaban J connectivity index is 1.92. The molecule has 1 unspecified atom stereocenters. The van der Waals surface area contributed by atoms with Crippen molar-refractivity contribution in [2.45, 2.75) is 32.4 Å². The Hall–Kier alpha value is -2.29. The number of nitrogens with one attached hydrogen (secondary N) is 1. The highest BCUT2D eigenvalue weighted by molar-refractivity contribution is 5.98. The number of guanidine groups is 1. The first-order chi connectivity index (χ1) is 10.7. The third-order valence-corrected chi connectivity index (χ3v) is 4.85. The van der Waals surface area contributed by atoms with Gasteiger partial charge in [0, 0.05) is 18.3 Å². The largest absolute Gasteiger partial charge is 0.338 e. The zero-order valence-corrected chi connectivity index (χ0v) is 13.1. The Bertz CT molecular complexity index is 735. The van der Waals surface area contributed by atoms with Crippen LogP contribution in [0.5, 0.6) is 0 Å². The summed E-state index contributed by atoms with van der Waals surface area (Å²) in [5, 5.41) is 8.68. The van der Waals surface area contributed by atoms with Gasteiger partial charge in [0.1, 0.15) is 0 Å². The maximum atomic E-state index is 8.68. The molecule has 4 rings (SSSR count). The molecular weight excluding hydrogens is 270 g/mol. The van der Waals surface area contributed by atoms with Gasteiger partial charge in [0.05, 0.1) is 6.04 Å². The maximum Gasteiger partial charge on any atom is 0.199 e. The quantitative estimate of drug-likeness (QED) is 0.866. The first-order valence-electron chi connectivity index (χ1n) is 7.97. The monoisotopic (exact) mass is 291 g/mol. The highest BCUT2D eigenvalue weighted by atomic mass is 15.4. The van der Waals surface area contributed by atoms with Crippen LogP contribution in [-0.4, -0.2) is 23.4 Å². The van der Waals surface area contributed by atoms with Crippen LogP contribution in [0.15, 0.2) is 48.5 Å². The highest BCUT2D eigenvalue weighted by Gasteiger charge is 2.40.